The minimum Gasteiger partial charge on any atom is -0.382 e. The minimum atomic E-state index is -4.55. The molecule has 3 rings (SSSR count). The van der Waals surface area contributed by atoms with E-state index < -0.39 is 29.1 Å². The Hall–Kier alpha value is -4.13. The molecule has 5 N–H and O–H groups in total. The van der Waals surface area contributed by atoms with E-state index in [4.69, 9.17) is 5.73 Å². The molecule has 1 heterocycles. The average molecular weight is 505 g/mol. The number of nitrogen functional groups attached to an aromatic ring is 1. The summed E-state index contributed by atoms with van der Waals surface area (Å²) in [5, 5.41) is 4.87. The molecule has 182 valence electrons. The lowest BCUT2D eigenvalue weighted by molar-refractivity contribution is -0.137. The molecule has 0 saturated heterocycles. The summed E-state index contributed by atoms with van der Waals surface area (Å²) in [5.41, 5.74) is 4.51. The number of nitrogens with one attached hydrogen (secondary N) is 3. The lowest BCUT2D eigenvalue weighted by atomic mass is 10.1. The second-order valence-electron chi connectivity index (χ2n) is 7.13. The standard InChI is InChI=1S/C22H18F3N5O4S/c1-11(31)12-4-8-15(9-5-12)27-16(32)10-35-21-29-18(26)17(20(34)30-21)28-19(33)13-2-6-14(7-3-13)22(23,24)25/h2-9H,10H2,1H3,(H,27,32)(H,28,33)(H3,26,29,30,34). The number of Topliss-reactive ketones (excluding diaryl/α,β-unsaturated/α-hetero) is 1. The minimum absolute atomic E-state index is 0.0158. The van der Waals surface area contributed by atoms with Gasteiger partial charge in [-0.25, -0.2) is 4.98 Å². The molecule has 0 radical (unpaired) electrons. The smallest absolute Gasteiger partial charge is 0.382 e. The van der Waals surface area contributed by atoms with Gasteiger partial charge in [-0.2, -0.15) is 13.2 Å². The number of benzene rings is 2. The Bertz CT molecular complexity index is 1320. The maximum atomic E-state index is 12.7. The Morgan fingerprint density at radius 3 is 2.14 bits per heavy atom. The van der Waals surface area contributed by atoms with Crippen LogP contribution >= 0.6 is 11.8 Å². The number of hydrogen-bond donors (Lipinski definition) is 4. The van der Waals surface area contributed by atoms with Gasteiger partial charge < -0.3 is 16.4 Å². The van der Waals surface area contributed by atoms with E-state index in [0.29, 0.717) is 11.3 Å². The first-order chi connectivity index (χ1) is 16.4. The number of anilines is 3. The SMILES string of the molecule is CC(=O)c1ccc(NC(=O)CSc2nc(N)c(NC(=O)c3ccc(C(F)(F)F)cc3)c(=O)[nH]2)cc1. The lowest BCUT2D eigenvalue weighted by Gasteiger charge is -2.10. The van der Waals surface area contributed by atoms with E-state index in [0.717, 1.165) is 36.0 Å². The van der Waals surface area contributed by atoms with Gasteiger partial charge >= 0.3 is 6.18 Å². The molecule has 0 unspecified atom stereocenters. The topological polar surface area (TPSA) is 147 Å². The predicted octanol–water partition coefficient (Wildman–Crippen LogP) is 3.56. The third-order valence-corrected chi connectivity index (χ3v) is 5.43. The number of rotatable bonds is 7. The van der Waals surface area contributed by atoms with Crippen LogP contribution in [0.25, 0.3) is 0 Å². The summed E-state index contributed by atoms with van der Waals surface area (Å²) < 4.78 is 38.0. The molecule has 35 heavy (non-hydrogen) atoms. The summed E-state index contributed by atoms with van der Waals surface area (Å²) in [5.74, 6) is -1.84. The highest BCUT2D eigenvalue weighted by molar-refractivity contribution is 7.99. The normalized spacial score (nSPS) is 11.1. The molecule has 0 aliphatic carbocycles. The van der Waals surface area contributed by atoms with Crippen molar-refractivity contribution in [2.24, 2.45) is 0 Å². The number of nitrogens with two attached hydrogens (primary N) is 1. The van der Waals surface area contributed by atoms with Crippen molar-refractivity contribution in [2.45, 2.75) is 18.3 Å². The number of amides is 2. The van der Waals surface area contributed by atoms with Crippen LogP contribution in [0.5, 0.6) is 0 Å². The van der Waals surface area contributed by atoms with Crippen molar-refractivity contribution in [2.75, 3.05) is 22.1 Å². The Morgan fingerprint density at radius 1 is 1.00 bits per heavy atom. The van der Waals surface area contributed by atoms with Crippen molar-refractivity contribution in [3.8, 4) is 0 Å². The molecule has 2 amide bonds. The highest BCUT2D eigenvalue weighted by atomic mass is 32.2. The Balaban J connectivity index is 1.61. The Morgan fingerprint density at radius 2 is 1.60 bits per heavy atom. The molecule has 13 heteroatoms. The number of halogens is 3. The Kier molecular flexibility index (Phi) is 7.59. The highest BCUT2D eigenvalue weighted by Gasteiger charge is 2.30. The number of carbonyl (C=O) groups excluding carboxylic acids is 3. The summed E-state index contributed by atoms with van der Waals surface area (Å²) in [6, 6.07) is 9.70. The first-order valence-corrected chi connectivity index (χ1v) is 10.8. The molecule has 2 aromatic carbocycles. The fourth-order valence-corrected chi connectivity index (χ4v) is 3.44. The highest BCUT2D eigenvalue weighted by Crippen LogP contribution is 2.29. The zero-order valence-electron chi connectivity index (χ0n) is 18.0. The molecular formula is C22H18F3N5O4S. The van der Waals surface area contributed by atoms with E-state index in [-0.39, 0.29) is 33.8 Å². The van der Waals surface area contributed by atoms with Crippen molar-refractivity contribution in [1.82, 2.24) is 9.97 Å². The largest absolute Gasteiger partial charge is 0.416 e. The third kappa shape index (κ3) is 6.69. The number of aromatic nitrogens is 2. The van der Waals surface area contributed by atoms with Gasteiger partial charge in [-0.15, -0.1) is 0 Å². The molecule has 0 aliphatic rings. The fraction of sp³-hybridized carbons (Fsp3) is 0.136. The van der Waals surface area contributed by atoms with Gasteiger partial charge in [0.05, 0.1) is 11.3 Å². The van der Waals surface area contributed by atoms with E-state index >= 15 is 0 Å². The molecule has 0 aliphatic heterocycles. The van der Waals surface area contributed by atoms with E-state index in [2.05, 4.69) is 20.6 Å². The van der Waals surface area contributed by atoms with Crippen LogP contribution < -0.4 is 21.9 Å². The number of ketones is 1. The first-order valence-electron chi connectivity index (χ1n) is 9.86. The molecule has 0 saturated carbocycles. The van der Waals surface area contributed by atoms with E-state index in [1.165, 1.54) is 6.92 Å². The molecule has 1 aromatic heterocycles. The van der Waals surface area contributed by atoms with Gasteiger partial charge in [-0.1, -0.05) is 11.8 Å². The predicted molar refractivity (Wildman–Crippen MR) is 124 cm³/mol. The number of aromatic amines is 1. The van der Waals surface area contributed by atoms with Crippen LogP contribution in [0, 0.1) is 0 Å². The zero-order valence-corrected chi connectivity index (χ0v) is 18.8. The van der Waals surface area contributed by atoms with Crippen LogP contribution in [0.2, 0.25) is 0 Å². The molecule has 0 atom stereocenters. The van der Waals surface area contributed by atoms with Crippen molar-refractivity contribution in [3.05, 3.63) is 75.6 Å². The lowest BCUT2D eigenvalue weighted by Crippen LogP contribution is -2.23. The van der Waals surface area contributed by atoms with Gasteiger partial charge in [0.25, 0.3) is 11.5 Å². The third-order valence-electron chi connectivity index (χ3n) is 4.55. The van der Waals surface area contributed by atoms with E-state index in [1.54, 1.807) is 24.3 Å². The maximum absolute atomic E-state index is 12.7. The number of hydrogen-bond acceptors (Lipinski definition) is 7. The monoisotopic (exact) mass is 505 g/mol. The van der Waals surface area contributed by atoms with E-state index in [1.807, 2.05) is 0 Å². The summed E-state index contributed by atoms with van der Waals surface area (Å²) in [6.45, 7) is 1.43. The van der Waals surface area contributed by atoms with Crippen molar-refractivity contribution in [1.29, 1.82) is 0 Å². The molecule has 0 bridgehead atoms. The van der Waals surface area contributed by atoms with Crippen molar-refractivity contribution in [3.63, 3.8) is 0 Å². The fourth-order valence-electron chi connectivity index (χ4n) is 2.77. The number of nitrogens with zero attached hydrogens (tertiary/aromatic N) is 1. The molecular weight excluding hydrogens is 487 g/mol. The van der Waals surface area contributed by atoms with Crippen LogP contribution in [0.15, 0.2) is 58.5 Å². The average Bonchev–Trinajstić information content (AvgIpc) is 2.80. The first kappa shape index (κ1) is 25.5. The summed E-state index contributed by atoms with van der Waals surface area (Å²) in [6.07, 6.45) is -4.55. The van der Waals surface area contributed by atoms with Crippen molar-refractivity contribution < 1.29 is 27.6 Å². The number of thioether (sulfide) groups is 1. The molecule has 0 spiro atoms. The Labute approximate surface area is 200 Å². The van der Waals surface area contributed by atoms with Gasteiger partial charge in [-0.3, -0.25) is 24.2 Å². The van der Waals surface area contributed by atoms with Gasteiger partial charge in [0.1, 0.15) is 5.69 Å². The number of H-pyrrole nitrogens is 1. The molecule has 9 nitrogen and oxygen atoms in total. The maximum Gasteiger partial charge on any atom is 0.416 e. The van der Waals surface area contributed by atoms with Crippen LogP contribution in [0.3, 0.4) is 0 Å². The number of carbonyl (C=O) groups is 3. The van der Waals surface area contributed by atoms with Crippen LogP contribution in [-0.4, -0.2) is 33.3 Å². The van der Waals surface area contributed by atoms with Gasteiger partial charge in [0.15, 0.2) is 16.8 Å². The second kappa shape index (κ2) is 10.4. The summed E-state index contributed by atoms with van der Waals surface area (Å²) in [7, 11) is 0. The van der Waals surface area contributed by atoms with Crippen LogP contribution in [0.4, 0.5) is 30.4 Å². The number of alkyl halides is 3. The second-order valence-corrected chi connectivity index (χ2v) is 8.09. The molecule has 3 aromatic rings. The van der Waals surface area contributed by atoms with E-state index in [9.17, 15) is 32.3 Å². The van der Waals surface area contributed by atoms with Gasteiger partial charge in [-0.05, 0) is 55.5 Å². The summed E-state index contributed by atoms with van der Waals surface area (Å²) in [4.78, 5) is 54.4. The van der Waals surface area contributed by atoms with Crippen LogP contribution in [0.1, 0.15) is 33.2 Å². The summed E-state index contributed by atoms with van der Waals surface area (Å²) >= 11 is 0.880. The van der Waals surface area contributed by atoms with Crippen LogP contribution in [-0.2, 0) is 11.0 Å². The van der Waals surface area contributed by atoms with Crippen molar-refractivity contribution >= 4 is 46.6 Å². The quantitative estimate of drug-likeness (QED) is 0.218. The molecule has 0 fully saturated rings. The van der Waals surface area contributed by atoms with Gasteiger partial charge in [0.2, 0.25) is 5.91 Å². The zero-order chi connectivity index (χ0) is 25.8. The van der Waals surface area contributed by atoms with Gasteiger partial charge in [0, 0.05) is 16.8 Å².